The highest BCUT2D eigenvalue weighted by Crippen LogP contribution is 2.26. The first-order valence-electron chi connectivity index (χ1n) is 8.14. The Morgan fingerprint density at radius 1 is 1.20 bits per heavy atom. The molecule has 25 heavy (non-hydrogen) atoms. The van der Waals surface area contributed by atoms with Gasteiger partial charge < -0.3 is 14.7 Å². The van der Waals surface area contributed by atoms with Crippen LogP contribution in [0.4, 0.5) is 8.78 Å². The van der Waals surface area contributed by atoms with E-state index < -0.39 is 17.7 Å². The van der Waals surface area contributed by atoms with Crippen LogP contribution in [0.3, 0.4) is 0 Å². The number of carbonyl (C=O) groups excluding carboxylic acids is 1. The lowest BCUT2D eigenvalue weighted by Crippen LogP contribution is -2.45. The van der Waals surface area contributed by atoms with Gasteiger partial charge in [-0.15, -0.1) is 0 Å². The molecule has 0 aliphatic carbocycles. The molecule has 1 aliphatic heterocycles. The lowest BCUT2D eigenvalue weighted by molar-refractivity contribution is 0.0248. The lowest BCUT2D eigenvalue weighted by Gasteiger charge is -2.34. The van der Waals surface area contributed by atoms with E-state index in [0.29, 0.717) is 24.4 Å². The molecule has 0 saturated carbocycles. The highest BCUT2D eigenvalue weighted by molar-refractivity contribution is 5.94. The van der Waals surface area contributed by atoms with E-state index >= 15 is 0 Å². The Morgan fingerprint density at radius 2 is 1.92 bits per heavy atom. The molecule has 2 aromatic carbocycles. The fourth-order valence-electron chi connectivity index (χ4n) is 2.77. The monoisotopic (exact) mass is 347 g/mol. The number of hydrogen-bond acceptors (Lipinski definition) is 3. The van der Waals surface area contributed by atoms with Crippen molar-refractivity contribution in [2.75, 3.05) is 13.1 Å². The van der Waals surface area contributed by atoms with Gasteiger partial charge in [-0.2, -0.15) is 0 Å². The van der Waals surface area contributed by atoms with Crippen LogP contribution < -0.4 is 4.74 Å². The van der Waals surface area contributed by atoms with Crippen LogP contribution in [0.5, 0.6) is 11.5 Å². The van der Waals surface area contributed by atoms with E-state index in [-0.39, 0.29) is 17.6 Å². The van der Waals surface area contributed by atoms with Crippen molar-refractivity contribution in [3.63, 3.8) is 0 Å². The molecule has 0 aromatic heterocycles. The molecule has 1 saturated heterocycles. The number of likely N-dealkylation sites (tertiary alicyclic amines) is 1. The van der Waals surface area contributed by atoms with Crippen molar-refractivity contribution in [3.8, 4) is 11.5 Å². The normalized spacial score (nSPS) is 20.4. The van der Waals surface area contributed by atoms with Crippen molar-refractivity contribution in [1.82, 2.24) is 4.90 Å². The molecule has 1 fully saturated rings. The molecular weight excluding hydrogens is 328 g/mol. The summed E-state index contributed by atoms with van der Waals surface area (Å²) in [4.78, 5) is 14.1. The van der Waals surface area contributed by atoms with Gasteiger partial charge in [-0.3, -0.25) is 4.79 Å². The molecule has 4 nitrogen and oxygen atoms in total. The van der Waals surface area contributed by atoms with E-state index in [1.807, 2.05) is 6.92 Å². The third kappa shape index (κ3) is 3.96. The molecular formula is C19H19F2NO3. The van der Waals surface area contributed by atoms with Gasteiger partial charge in [0.2, 0.25) is 0 Å². The van der Waals surface area contributed by atoms with Gasteiger partial charge >= 0.3 is 0 Å². The van der Waals surface area contributed by atoms with Gasteiger partial charge in [0.1, 0.15) is 11.6 Å². The largest absolute Gasteiger partial charge is 0.454 e. The molecule has 1 amide bonds. The molecule has 132 valence electrons. The summed E-state index contributed by atoms with van der Waals surface area (Å²) in [7, 11) is 0. The van der Waals surface area contributed by atoms with Gasteiger partial charge in [0.25, 0.3) is 5.91 Å². The fourth-order valence-corrected chi connectivity index (χ4v) is 2.77. The molecule has 2 unspecified atom stereocenters. The minimum absolute atomic E-state index is 0.0892. The Kier molecular flexibility index (Phi) is 4.99. The average molecular weight is 347 g/mol. The smallest absolute Gasteiger partial charge is 0.253 e. The van der Waals surface area contributed by atoms with Crippen LogP contribution in [-0.2, 0) is 0 Å². The number of amides is 1. The van der Waals surface area contributed by atoms with E-state index in [1.54, 1.807) is 29.2 Å². The minimum atomic E-state index is -0.795. The summed E-state index contributed by atoms with van der Waals surface area (Å²) >= 11 is 0. The van der Waals surface area contributed by atoms with Gasteiger partial charge in [-0.25, -0.2) is 8.78 Å². The number of piperidine rings is 1. The minimum Gasteiger partial charge on any atom is -0.454 e. The molecule has 1 heterocycles. The molecule has 2 atom stereocenters. The zero-order valence-corrected chi connectivity index (χ0v) is 13.8. The van der Waals surface area contributed by atoms with E-state index in [2.05, 4.69) is 0 Å². The molecule has 0 spiro atoms. The van der Waals surface area contributed by atoms with E-state index in [1.165, 1.54) is 6.07 Å². The number of ether oxygens (including phenoxy) is 1. The molecule has 3 rings (SSSR count). The predicted molar refractivity (Wildman–Crippen MR) is 88.6 cm³/mol. The topological polar surface area (TPSA) is 49.8 Å². The Labute approximate surface area is 144 Å². The summed E-state index contributed by atoms with van der Waals surface area (Å²) in [6.07, 6.45) is 0.250. The van der Waals surface area contributed by atoms with Crippen molar-refractivity contribution in [3.05, 3.63) is 59.7 Å². The van der Waals surface area contributed by atoms with Crippen LogP contribution in [0.2, 0.25) is 0 Å². The quantitative estimate of drug-likeness (QED) is 0.923. The third-order valence-electron chi connectivity index (χ3n) is 4.43. The maximum atomic E-state index is 13.6. The molecule has 1 N–H and O–H groups in total. The van der Waals surface area contributed by atoms with E-state index in [4.69, 9.17) is 4.74 Å². The number of halogens is 2. The van der Waals surface area contributed by atoms with Crippen LogP contribution >= 0.6 is 0 Å². The Morgan fingerprint density at radius 3 is 2.56 bits per heavy atom. The molecule has 6 heteroatoms. The number of carbonyl (C=O) groups is 1. The number of aliphatic hydroxyl groups excluding tert-OH is 1. The second kappa shape index (κ2) is 7.19. The highest BCUT2D eigenvalue weighted by atomic mass is 19.1. The van der Waals surface area contributed by atoms with Crippen LogP contribution in [0.1, 0.15) is 23.7 Å². The second-order valence-electron chi connectivity index (χ2n) is 6.29. The van der Waals surface area contributed by atoms with Crippen LogP contribution in [0, 0.1) is 17.6 Å². The van der Waals surface area contributed by atoms with Crippen molar-refractivity contribution < 1.29 is 23.4 Å². The van der Waals surface area contributed by atoms with Crippen molar-refractivity contribution in [1.29, 1.82) is 0 Å². The summed E-state index contributed by atoms with van der Waals surface area (Å²) < 4.78 is 31.9. The van der Waals surface area contributed by atoms with Crippen LogP contribution in [-0.4, -0.2) is 35.1 Å². The Hall–Kier alpha value is -2.47. The first-order chi connectivity index (χ1) is 11.9. The highest BCUT2D eigenvalue weighted by Gasteiger charge is 2.27. The number of benzene rings is 2. The van der Waals surface area contributed by atoms with Gasteiger partial charge in [0, 0.05) is 24.7 Å². The number of nitrogens with zero attached hydrogens (tertiary/aromatic N) is 1. The van der Waals surface area contributed by atoms with Gasteiger partial charge in [-0.05, 0) is 48.7 Å². The molecule has 0 radical (unpaired) electrons. The third-order valence-corrected chi connectivity index (χ3v) is 4.43. The zero-order valence-electron chi connectivity index (χ0n) is 13.8. The first-order valence-corrected chi connectivity index (χ1v) is 8.14. The number of hydrogen-bond donors (Lipinski definition) is 1. The van der Waals surface area contributed by atoms with Crippen LogP contribution in [0.15, 0.2) is 42.5 Å². The second-order valence-corrected chi connectivity index (χ2v) is 6.29. The van der Waals surface area contributed by atoms with Crippen molar-refractivity contribution >= 4 is 5.91 Å². The Balaban J connectivity index is 1.68. The summed E-state index contributed by atoms with van der Waals surface area (Å²) in [6.45, 7) is 2.89. The number of aliphatic hydroxyl groups is 1. The number of β-amino-alcohol motifs (C(OH)–C–C–N with tert-alkyl or cyclic N) is 1. The van der Waals surface area contributed by atoms with Gasteiger partial charge in [0.15, 0.2) is 11.6 Å². The summed E-state index contributed by atoms with van der Waals surface area (Å²) in [5.74, 6) is -1.20. The summed E-state index contributed by atoms with van der Waals surface area (Å²) in [6, 6.07) is 9.35. The maximum Gasteiger partial charge on any atom is 0.253 e. The van der Waals surface area contributed by atoms with Crippen LogP contribution in [0.25, 0.3) is 0 Å². The SMILES string of the molecule is CC1CCN(C(=O)c2ccc(Oc3ccc(F)cc3F)cc2)CC1O. The van der Waals surface area contributed by atoms with Crippen molar-refractivity contribution in [2.45, 2.75) is 19.4 Å². The first kappa shape index (κ1) is 17.4. The van der Waals surface area contributed by atoms with E-state index in [9.17, 15) is 18.7 Å². The van der Waals surface area contributed by atoms with Crippen molar-refractivity contribution in [2.24, 2.45) is 5.92 Å². The van der Waals surface area contributed by atoms with Gasteiger partial charge in [0.05, 0.1) is 6.10 Å². The van der Waals surface area contributed by atoms with Gasteiger partial charge in [-0.1, -0.05) is 6.92 Å². The number of rotatable bonds is 3. The molecule has 0 bridgehead atoms. The summed E-state index contributed by atoms with van der Waals surface area (Å²) in [5, 5.41) is 9.92. The maximum absolute atomic E-state index is 13.6. The predicted octanol–water partition coefficient (Wildman–Crippen LogP) is 3.60. The van der Waals surface area contributed by atoms with E-state index in [0.717, 1.165) is 18.6 Å². The zero-order chi connectivity index (χ0) is 18.0. The summed E-state index contributed by atoms with van der Waals surface area (Å²) in [5.41, 5.74) is 0.466. The molecule has 2 aromatic rings. The Bertz CT molecular complexity index is 764. The standard InChI is InChI=1S/C19H19F2NO3/c1-12-8-9-22(11-17(12)23)19(24)13-2-5-15(6-3-13)25-18-7-4-14(20)10-16(18)21/h2-7,10,12,17,23H,8-9,11H2,1H3. The lowest BCUT2D eigenvalue weighted by atomic mass is 9.95. The fraction of sp³-hybridized carbons (Fsp3) is 0.316. The molecule has 1 aliphatic rings. The average Bonchev–Trinajstić information content (AvgIpc) is 2.60.